The Morgan fingerprint density at radius 3 is 2.03 bits per heavy atom. The minimum Gasteiger partial charge on any atom is -0.478 e. The first-order chi connectivity index (χ1) is 14.4. The van der Waals surface area contributed by atoms with Gasteiger partial charge in [0.15, 0.2) is 0 Å². The number of nitrogens with zero attached hydrogens (tertiary/aromatic N) is 1. The number of likely N-dealkylation sites (tertiary alicyclic amines) is 1. The molecule has 2 amide bonds. The van der Waals surface area contributed by atoms with Crippen LogP contribution in [-0.2, 0) is 14.4 Å². The molecule has 0 saturated carbocycles. The third kappa shape index (κ3) is 7.95. The lowest BCUT2D eigenvalue weighted by Crippen LogP contribution is -2.59. The van der Waals surface area contributed by atoms with E-state index in [9.17, 15) is 19.5 Å². The minimum absolute atomic E-state index is 0.0162. The summed E-state index contributed by atoms with van der Waals surface area (Å²) in [5, 5.41) is 15.1. The molecule has 1 saturated heterocycles. The molecule has 4 atom stereocenters. The van der Waals surface area contributed by atoms with Crippen molar-refractivity contribution in [3.8, 4) is 0 Å². The number of hydrogen-bond donors (Lipinski definition) is 3. The van der Waals surface area contributed by atoms with Crippen molar-refractivity contribution in [2.75, 3.05) is 6.54 Å². The van der Waals surface area contributed by atoms with E-state index in [0.717, 1.165) is 25.8 Å². The molecule has 0 aromatic heterocycles. The van der Waals surface area contributed by atoms with E-state index >= 15 is 0 Å². The molecule has 3 N–H and O–H groups in total. The van der Waals surface area contributed by atoms with Crippen LogP contribution in [0.25, 0.3) is 0 Å². The van der Waals surface area contributed by atoms with Gasteiger partial charge in [0.05, 0.1) is 12.1 Å². The Morgan fingerprint density at radius 1 is 0.935 bits per heavy atom. The predicted octanol–water partition coefficient (Wildman–Crippen LogP) is 3.20. The molecular weight excluding hydrogens is 394 g/mol. The molecule has 0 radical (unpaired) electrons. The van der Waals surface area contributed by atoms with Crippen molar-refractivity contribution in [3.63, 3.8) is 0 Å². The summed E-state index contributed by atoms with van der Waals surface area (Å²) in [6, 6.07) is -1.04. The van der Waals surface area contributed by atoms with Gasteiger partial charge in [0.25, 0.3) is 0 Å². The SMILES string of the molecule is C/C(=C\[C@@H](NC(=O)[C@@H](NC(=O)C1CCCCN1C(C)C(C)C)C(C)C)C(C)C)C(=O)O. The second-order valence-corrected chi connectivity index (χ2v) is 9.90. The standard InChI is InChI=1S/C24H43N3O4/c1-14(2)18(8)27-12-10-9-11-20(27)22(28)26-21(16(5)6)23(29)25-19(15(3)4)13-17(7)24(30)31/h13-16,18-21H,9-12H2,1-8H3,(H,25,29)(H,26,28)(H,30,31)/b17-13+/t18?,19-,20?,21+/m1/s1. The lowest BCUT2D eigenvalue weighted by atomic mass is 9.94. The number of carboxylic acids is 1. The zero-order chi connectivity index (χ0) is 23.9. The van der Waals surface area contributed by atoms with Gasteiger partial charge in [-0.2, -0.15) is 0 Å². The van der Waals surface area contributed by atoms with Crippen molar-refractivity contribution in [2.45, 2.75) is 98.8 Å². The largest absolute Gasteiger partial charge is 0.478 e. The van der Waals surface area contributed by atoms with Gasteiger partial charge in [0, 0.05) is 11.6 Å². The van der Waals surface area contributed by atoms with E-state index in [0.29, 0.717) is 5.92 Å². The zero-order valence-electron chi connectivity index (χ0n) is 20.6. The number of aliphatic carboxylic acids is 1. The van der Waals surface area contributed by atoms with Crippen molar-refractivity contribution in [1.29, 1.82) is 0 Å². The Kier molecular flexibility index (Phi) is 10.7. The summed E-state index contributed by atoms with van der Waals surface area (Å²) in [5.74, 6) is -1.03. The summed E-state index contributed by atoms with van der Waals surface area (Å²) in [6.45, 7) is 16.6. The molecule has 0 bridgehead atoms. The number of rotatable bonds is 10. The Balaban J connectivity index is 2.97. The van der Waals surface area contributed by atoms with Crippen LogP contribution in [0.15, 0.2) is 11.6 Å². The van der Waals surface area contributed by atoms with E-state index in [1.165, 1.54) is 6.92 Å². The lowest BCUT2D eigenvalue weighted by Gasteiger charge is -2.41. The Hall–Kier alpha value is -1.89. The summed E-state index contributed by atoms with van der Waals surface area (Å²) in [5.41, 5.74) is 0.185. The fourth-order valence-electron chi connectivity index (χ4n) is 3.89. The molecule has 1 fully saturated rings. The molecule has 0 aliphatic carbocycles. The zero-order valence-corrected chi connectivity index (χ0v) is 20.6. The third-order valence-corrected chi connectivity index (χ3v) is 6.38. The van der Waals surface area contributed by atoms with Gasteiger partial charge < -0.3 is 15.7 Å². The van der Waals surface area contributed by atoms with Crippen LogP contribution in [0.2, 0.25) is 0 Å². The van der Waals surface area contributed by atoms with E-state index in [4.69, 9.17) is 0 Å². The predicted molar refractivity (Wildman–Crippen MR) is 124 cm³/mol. The summed E-state index contributed by atoms with van der Waals surface area (Å²) < 4.78 is 0. The van der Waals surface area contributed by atoms with Crippen LogP contribution in [0.1, 0.15) is 74.7 Å². The molecule has 0 spiro atoms. The molecule has 178 valence electrons. The van der Waals surface area contributed by atoms with Crippen molar-refractivity contribution >= 4 is 17.8 Å². The monoisotopic (exact) mass is 437 g/mol. The van der Waals surface area contributed by atoms with Crippen molar-refractivity contribution in [3.05, 3.63) is 11.6 Å². The maximum Gasteiger partial charge on any atom is 0.331 e. The van der Waals surface area contributed by atoms with Crippen LogP contribution < -0.4 is 10.6 Å². The van der Waals surface area contributed by atoms with Gasteiger partial charge in [-0.3, -0.25) is 14.5 Å². The molecule has 2 unspecified atom stereocenters. The summed E-state index contributed by atoms with van der Waals surface area (Å²) in [4.78, 5) is 39.8. The highest BCUT2D eigenvalue weighted by Crippen LogP contribution is 2.23. The average molecular weight is 438 g/mol. The van der Waals surface area contributed by atoms with Crippen LogP contribution in [0.5, 0.6) is 0 Å². The topological polar surface area (TPSA) is 98.7 Å². The number of amides is 2. The van der Waals surface area contributed by atoms with Crippen molar-refractivity contribution < 1.29 is 19.5 Å². The molecular formula is C24H43N3O4. The van der Waals surface area contributed by atoms with E-state index < -0.39 is 18.1 Å². The first-order valence-corrected chi connectivity index (χ1v) is 11.6. The molecule has 7 heteroatoms. The van der Waals surface area contributed by atoms with Gasteiger partial charge in [0.1, 0.15) is 6.04 Å². The summed E-state index contributed by atoms with van der Waals surface area (Å²) >= 11 is 0. The molecule has 7 nitrogen and oxygen atoms in total. The van der Waals surface area contributed by atoms with Crippen LogP contribution in [0, 0.1) is 17.8 Å². The van der Waals surface area contributed by atoms with Crippen LogP contribution >= 0.6 is 0 Å². The highest BCUT2D eigenvalue weighted by Gasteiger charge is 2.35. The Labute approximate surface area is 188 Å². The van der Waals surface area contributed by atoms with E-state index in [1.807, 2.05) is 27.7 Å². The number of carboxylic acid groups (broad SMARTS) is 1. The third-order valence-electron chi connectivity index (χ3n) is 6.38. The van der Waals surface area contributed by atoms with Gasteiger partial charge in [0.2, 0.25) is 11.8 Å². The fraction of sp³-hybridized carbons (Fsp3) is 0.792. The molecule has 1 heterocycles. The number of nitrogens with one attached hydrogen (secondary N) is 2. The lowest BCUT2D eigenvalue weighted by molar-refractivity contribution is -0.135. The second-order valence-electron chi connectivity index (χ2n) is 9.90. The van der Waals surface area contributed by atoms with Gasteiger partial charge in [-0.15, -0.1) is 0 Å². The van der Waals surface area contributed by atoms with Crippen LogP contribution in [-0.4, -0.2) is 58.5 Å². The fourth-order valence-corrected chi connectivity index (χ4v) is 3.89. The normalized spacial score (nSPS) is 21.1. The van der Waals surface area contributed by atoms with Gasteiger partial charge in [-0.05, 0) is 51.0 Å². The first-order valence-electron chi connectivity index (χ1n) is 11.6. The number of carbonyl (C=O) groups is 3. The van der Waals surface area contributed by atoms with E-state index in [2.05, 4.69) is 36.3 Å². The maximum atomic E-state index is 13.2. The van der Waals surface area contributed by atoms with Gasteiger partial charge in [-0.1, -0.05) is 54.0 Å². The van der Waals surface area contributed by atoms with E-state index in [1.54, 1.807) is 6.08 Å². The molecule has 0 aromatic rings. The van der Waals surface area contributed by atoms with Crippen LogP contribution in [0.3, 0.4) is 0 Å². The Bertz CT molecular complexity index is 657. The second kappa shape index (κ2) is 12.2. The summed E-state index contributed by atoms with van der Waals surface area (Å²) in [6.07, 6.45) is 4.45. The molecule has 1 aliphatic rings. The minimum atomic E-state index is -1.01. The molecule has 31 heavy (non-hydrogen) atoms. The highest BCUT2D eigenvalue weighted by molar-refractivity contribution is 5.90. The van der Waals surface area contributed by atoms with Crippen LogP contribution in [0.4, 0.5) is 0 Å². The number of hydrogen-bond acceptors (Lipinski definition) is 4. The van der Waals surface area contributed by atoms with Crippen molar-refractivity contribution in [2.24, 2.45) is 17.8 Å². The van der Waals surface area contributed by atoms with E-state index in [-0.39, 0.29) is 41.3 Å². The van der Waals surface area contributed by atoms with Gasteiger partial charge in [-0.25, -0.2) is 4.79 Å². The molecule has 0 aromatic carbocycles. The smallest absolute Gasteiger partial charge is 0.331 e. The highest BCUT2D eigenvalue weighted by atomic mass is 16.4. The van der Waals surface area contributed by atoms with Crippen molar-refractivity contribution in [1.82, 2.24) is 15.5 Å². The number of piperidine rings is 1. The van der Waals surface area contributed by atoms with Gasteiger partial charge >= 0.3 is 5.97 Å². The quantitative estimate of drug-likeness (QED) is 0.456. The maximum absolute atomic E-state index is 13.2. The first kappa shape index (κ1) is 27.1. The molecule has 1 aliphatic heterocycles. The number of carbonyl (C=O) groups excluding carboxylic acids is 2. The Morgan fingerprint density at radius 2 is 1.55 bits per heavy atom. The summed E-state index contributed by atoms with van der Waals surface area (Å²) in [7, 11) is 0. The average Bonchev–Trinajstić information content (AvgIpc) is 2.69. The molecule has 1 rings (SSSR count).